The molecule has 10 heavy (non-hydrogen) atoms. The molecular weight excluding hydrogens is 130 g/mol. The molecule has 3 heteroatoms. The predicted molar refractivity (Wildman–Crippen MR) is 36.2 cm³/mol. The van der Waals surface area contributed by atoms with Gasteiger partial charge in [-0.3, -0.25) is 0 Å². The summed E-state index contributed by atoms with van der Waals surface area (Å²) >= 11 is 0. The Bertz CT molecular complexity index is 188. The zero-order valence-electron chi connectivity index (χ0n) is 5.79. The van der Waals surface area contributed by atoms with E-state index in [4.69, 9.17) is 10.4 Å². The van der Waals surface area contributed by atoms with Crippen LogP contribution in [0.1, 0.15) is 19.8 Å². The first kappa shape index (κ1) is 8.70. The fourth-order valence-corrected chi connectivity index (χ4v) is 0.536. The van der Waals surface area contributed by atoms with E-state index in [1.807, 2.05) is 6.07 Å². The number of carboxylic acid groups (broad SMARTS) is 1. The van der Waals surface area contributed by atoms with E-state index in [9.17, 15) is 4.79 Å². The van der Waals surface area contributed by atoms with Gasteiger partial charge in [-0.25, -0.2) is 4.79 Å². The van der Waals surface area contributed by atoms with Crippen molar-refractivity contribution in [1.29, 1.82) is 5.26 Å². The molecule has 0 spiro atoms. The number of rotatable bonds is 3. The summed E-state index contributed by atoms with van der Waals surface area (Å²) in [5, 5.41) is 16.3. The van der Waals surface area contributed by atoms with Crippen molar-refractivity contribution in [3.8, 4) is 6.07 Å². The lowest BCUT2D eigenvalue weighted by molar-refractivity contribution is -0.131. The molecule has 0 aromatic rings. The maximum Gasteiger partial charge on any atom is 0.328 e. The molecule has 0 saturated carbocycles. The van der Waals surface area contributed by atoms with E-state index in [0.717, 1.165) is 11.6 Å². The number of nitriles is 1. The summed E-state index contributed by atoms with van der Waals surface area (Å²) in [6, 6.07) is 1.94. The summed E-state index contributed by atoms with van der Waals surface area (Å²) in [6.07, 6.45) is 2.05. The molecule has 0 aromatic carbocycles. The van der Waals surface area contributed by atoms with Gasteiger partial charge in [0.15, 0.2) is 0 Å². The fraction of sp³-hybridized carbons (Fsp3) is 0.429. The third-order valence-corrected chi connectivity index (χ3v) is 1.00. The Balaban J connectivity index is 3.74. The number of allylic oxidation sites excluding steroid dienone is 1. The predicted octanol–water partition coefficient (Wildman–Crippen LogP) is 1.32. The van der Waals surface area contributed by atoms with E-state index < -0.39 is 5.97 Å². The van der Waals surface area contributed by atoms with Crippen LogP contribution in [0.2, 0.25) is 0 Å². The van der Waals surface area contributed by atoms with Crippen LogP contribution in [-0.2, 0) is 4.79 Å². The number of hydrogen-bond donors (Lipinski definition) is 1. The molecule has 0 atom stereocenters. The van der Waals surface area contributed by atoms with Gasteiger partial charge in [0.25, 0.3) is 0 Å². The highest BCUT2D eigenvalue weighted by molar-refractivity contribution is 5.80. The minimum Gasteiger partial charge on any atom is -0.478 e. The second-order valence-electron chi connectivity index (χ2n) is 1.99. The van der Waals surface area contributed by atoms with Crippen molar-refractivity contribution in [2.24, 2.45) is 0 Å². The Labute approximate surface area is 59.6 Å². The SMILES string of the molecule is C/C(=C\C(=O)O)CCC#N. The van der Waals surface area contributed by atoms with Crippen LogP contribution in [0.4, 0.5) is 0 Å². The fourth-order valence-electron chi connectivity index (χ4n) is 0.536. The third kappa shape index (κ3) is 4.85. The summed E-state index contributed by atoms with van der Waals surface area (Å²) < 4.78 is 0. The maximum atomic E-state index is 10.0. The van der Waals surface area contributed by atoms with E-state index >= 15 is 0 Å². The van der Waals surface area contributed by atoms with Gasteiger partial charge in [0, 0.05) is 12.5 Å². The molecule has 0 bridgehead atoms. The van der Waals surface area contributed by atoms with Gasteiger partial charge in [-0.1, -0.05) is 5.57 Å². The first-order valence-electron chi connectivity index (χ1n) is 2.94. The van der Waals surface area contributed by atoms with Gasteiger partial charge in [-0.15, -0.1) is 0 Å². The van der Waals surface area contributed by atoms with Gasteiger partial charge in [0.1, 0.15) is 0 Å². The average molecular weight is 139 g/mol. The molecule has 1 N–H and O–H groups in total. The van der Waals surface area contributed by atoms with Gasteiger partial charge in [-0.2, -0.15) is 5.26 Å². The van der Waals surface area contributed by atoms with E-state index in [0.29, 0.717) is 12.8 Å². The lowest BCUT2D eigenvalue weighted by Gasteiger charge is -1.91. The molecule has 0 amide bonds. The van der Waals surface area contributed by atoms with Gasteiger partial charge in [0.2, 0.25) is 0 Å². The lowest BCUT2D eigenvalue weighted by atomic mass is 10.2. The summed E-state index contributed by atoms with van der Waals surface area (Å²) in [6.45, 7) is 1.70. The highest BCUT2D eigenvalue weighted by Crippen LogP contribution is 2.01. The van der Waals surface area contributed by atoms with E-state index in [-0.39, 0.29) is 0 Å². The van der Waals surface area contributed by atoms with Crippen molar-refractivity contribution >= 4 is 5.97 Å². The minimum atomic E-state index is -0.949. The molecule has 54 valence electrons. The molecule has 0 aliphatic rings. The summed E-state index contributed by atoms with van der Waals surface area (Å²) in [4.78, 5) is 10.0. The Hall–Kier alpha value is -1.30. The Morgan fingerprint density at radius 3 is 2.80 bits per heavy atom. The first-order valence-corrected chi connectivity index (χ1v) is 2.94. The summed E-state index contributed by atoms with van der Waals surface area (Å²) in [5.74, 6) is -0.949. The van der Waals surface area contributed by atoms with Gasteiger partial charge >= 0.3 is 5.97 Å². The van der Waals surface area contributed by atoms with E-state index in [1.165, 1.54) is 0 Å². The van der Waals surface area contributed by atoms with E-state index in [2.05, 4.69) is 0 Å². The molecule has 0 fully saturated rings. The molecule has 0 saturated heterocycles. The Morgan fingerprint density at radius 1 is 1.80 bits per heavy atom. The normalized spacial score (nSPS) is 10.6. The average Bonchev–Trinajstić information content (AvgIpc) is 1.82. The number of carboxylic acids is 1. The molecule has 3 nitrogen and oxygen atoms in total. The highest BCUT2D eigenvalue weighted by Gasteiger charge is 1.92. The van der Waals surface area contributed by atoms with Crippen LogP contribution in [0.25, 0.3) is 0 Å². The van der Waals surface area contributed by atoms with Crippen molar-refractivity contribution in [2.45, 2.75) is 19.8 Å². The molecule has 0 heterocycles. The standard InChI is InChI=1S/C7H9NO2/c1-6(3-2-4-8)5-7(9)10/h5H,2-3H2,1H3,(H,9,10)/b6-5+. The lowest BCUT2D eigenvalue weighted by Crippen LogP contribution is -1.89. The largest absolute Gasteiger partial charge is 0.478 e. The van der Waals surface area contributed by atoms with Crippen molar-refractivity contribution in [2.75, 3.05) is 0 Å². The molecule has 0 radical (unpaired) electrons. The second-order valence-corrected chi connectivity index (χ2v) is 1.99. The van der Waals surface area contributed by atoms with Crippen molar-refractivity contribution in [3.63, 3.8) is 0 Å². The Kier molecular flexibility index (Phi) is 3.97. The smallest absolute Gasteiger partial charge is 0.328 e. The summed E-state index contributed by atoms with van der Waals surface area (Å²) in [5.41, 5.74) is 0.731. The highest BCUT2D eigenvalue weighted by atomic mass is 16.4. The number of hydrogen-bond acceptors (Lipinski definition) is 2. The van der Waals surface area contributed by atoms with Gasteiger partial charge in [-0.05, 0) is 13.3 Å². The topological polar surface area (TPSA) is 61.1 Å². The van der Waals surface area contributed by atoms with Crippen LogP contribution in [0.15, 0.2) is 11.6 Å². The van der Waals surface area contributed by atoms with Crippen molar-refractivity contribution in [1.82, 2.24) is 0 Å². The van der Waals surface area contributed by atoms with Crippen LogP contribution in [-0.4, -0.2) is 11.1 Å². The quantitative estimate of drug-likeness (QED) is 0.600. The number of carbonyl (C=O) groups is 1. The molecular formula is C7H9NO2. The van der Waals surface area contributed by atoms with Crippen LogP contribution in [0, 0.1) is 11.3 Å². The second kappa shape index (κ2) is 4.57. The van der Waals surface area contributed by atoms with Gasteiger partial charge < -0.3 is 5.11 Å². The zero-order chi connectivity index (χ0) is 7.98. The van der Waals surface area contributed by atoms with Crippen molar-refractivity contribution < 1.29 is 9.90 Å². The number of nitrogens with zero attached hydrogens (tertiary/aromatic N) is 1. The molecule has 0 unspecified atom stereocenters. The van der Waals surface area contributed by atoms with Gasteiger partial charge in [0.05, 0.1) is 6.07 Å². The van der Waals surface area contributed by atoms with Crippen molar-refractivity contribution in [3.05, 3.63) is 11.6 Å². The molecule has 0 aromatic heterocycles. The van der Waals surface area contributed by atoms with Crippen LogP contribution in [0.3, 0.4) is 0 Å². The van der Waals surface area contributed by atoms with Crippen LogP contribution < -0.4 is 0 Å². The van der Waals surface area contributed by atoms with Crippen LogP contribution >= 0.6 is 0 Å². The third-order valence-electron chi connectivity index (χ3n) is 1.00. The first-order chi connectivity index (χ1) is 4.66. The van der Waals surface area contributed by atoms with E-state index in [1.54, 1.807) is 6.92 Å². The Morgan fingerprint density at radius 2 is 2.40 bits per heavy atom. The zero-order valence-corrected chi connectivity index (χ0v) is 5.79. The minimum absolute atomic E-state index is 0.385. The monoisotopic (exact) mass is 139 g/mol. The van der Waals surface area contributed by atoms with Crippen LogP contribution in [0.5, 0.6) is 0 Å². The summed E-state index contributed by atoms with van der Waals surface area (Å²) in [7, 11) is 0. The number of aliphatic carboxylic acids is 1. The molecule has 0 aliphatic heterocycles. The maximum absolute atomic E-state index is 10.0. The molecule has 0 aliphatic carbocycles. The molecule has 0 rings (SSSR count).